The molecule has 2 heterocycles. The van der Waals surface area contributed by atoms with Crippen LogP contribution in [0.4, 0.5) is 0 Å². The van der Waals surface area contributed by atoms with Gasteiger partial charge in [-0.3, -0.25) is 9.67 Å². The van der Waals surface area contributed by atoms with Crippen LogP contribution in [0.15, 0.2) is 24.7 Å². The fourth-order valence-corrected chi connectivity index (χ4v) is 2.52. The Morgan fingerprint density at radius 1 is 1.25 bits per heavy atom. The second-order valence-electron chi connectivity index (χ2n) is 5.23. The van der Waals surface area contributed by atoms with Crippen LogP contribution < -0.4 is 5.32 Å². The zero-order valence-electron chi connectivity index (χ0n) is 12.8. The van der Waals surface area contributed by atoms with Gasteiger partial charge in [0.2, 0.25) is 0 Å². The molecule has 0 amide bonds. The molecule has 2 rings (SSSR count). The maximum atomic E-state index is 4.63. The molecule has 0 aliphatic rings. The third-order valence-corrected chi connectivity index (χ3v) is 3.49. The third-order valence-electron chi connectivity index (χ3n) is 3.49. The summed E-state index contributed by atoms with van der Waals surface area (Å²) >= 11 is 0. The lowest BCUT2D eigenvalue weighted by Crippen LogP contribution is -2.24. The molecule has 0 aromatic carbocycles. The predicted molar refractivity (Wildman–Crippen MR) is 81.7 cm³/mol. The minimum Gasteiger partial charge on any atom is -0.309 e. The van der Waals surface area contributed by atoms with Crippen LogP contribution in [-0.4, -0.2) is 21.3 Å². The van der Waals surface area contributed by atoms with E-state index in [1.165, 1.54) is 16.7 Å². The molecule has 4 heteroatoms. The second kappa shape index (κ2) is 6.66. The molecule has 4 nitrogen and oxygen atoms in total. The fourth-order valence-electron chi connectivity index (χ4n) is 2.52. The third kappa shape index (κ3) is 3.45. The Kier molecular flexibility index (Phi) is 4.90. The van der Waals surface area contributed by atoms with Crippen LogP contribution in [0.3, 0.4) is 0 Å². The Morgan fingerprint density at radius 3 is 2.65 bits per heavy atom. The SMILES string of the molecule is CCNC(Cc1cnn(CC)c1)c1ncc(C)cc1C. The molecule has 0 bridgehead atoms. The van der Waals surface area contributed by atoms with Gasteiger partial charge in [0, 0.05) is 18.9 Å². The standard InChI is InChI=1S/C16H24N4/c1-5-17-15(8-14-10-19-20(6-2)11-14)16-13(4)7-12(3)9-18-16/h7,9-11,15,17H,5-6,8H2,1-4H3. The van der Waals surface area contributed by atoms with Crippen molar-refractivity contribution in [1.82, 2.24) is 20.1 Å². The van der Waals surface area contributed by atoms with Crippen molar-refractivity contribution in [3.63, 3.8) is 0 Å². The van der Waals surface area contributed by atoms with Gasteiger partial charge in [-0.15, -0.1) is 0 Å². The largest absolute Gasteiger partial charge is 0.309 e. The molecule has 0 aliphatic heterocycles. The van der Waals surface area contributed by atoms with E-state index in [1.54, 1.807) is 0 Å². The highest BCUT2D eigenvalue weighted by molar-refractivity contribution is 5.27. The molecule has 1 atom stereocenters. The predicted octanol–water partition coefficient (Wildman–Crippen LogP) is 2.81. The van der Waals surface area contributed by atoms with Gasteiger partial charge in [-0.05, 0) is 50.4 Å². The zero-order valence-corrected chi connectivity index (χ0v) is 12.8. The molecular formula is C16H24N4. The highest BCUT2D eigenvalue weighted by atomic mass is 15.3. The molecule has 0 saturated carbocycles. The normalized spacial score (nSPS) is 12.6. The maximum Gasteiger partial charge on any atom is 0.0605 e. The molecule has 0 radical (unpaired) electrons. The first kappa shape index (κ1) is 14.7. The van der Waals surface area contributed by atoms with E-state index in [1.807, 2.05) is 17.1 Å². The highest BCUT2D eigenvalue weighted by Gasteiger charge is 2.16. The van der Waals surface area contributed by atoms with Crippen LogP contribution in [0.5, 0.6) is 0 Å². The first-order valence-corrected chi connectivity index (χ1v) is 7.31. The van der Waals surface area contributed by atoms with Gasteiger partial charge in [0.25, 0.3) is 0 Å². The van der Waals surface area contributed by atoms with E-state index in [-0.39, 0.29) is 6.04 Å². The minimum absolute atomic E-state index is 0.245. The Bertz CT molecular complexity index is 559. The number of hydrogen-bond donors (Lipinski definition) is 1. The summed E-state index contributed by atoms with van der Waals surface area (Å²) in [4.78, 5) is 4.63. The Morgan fingerprint density at radius 2 is 2.05 bits per heavy atom. The molecule has 20 heavy (non-hydrogen) atoms. The quantitative estimate of drug-likeness (QED) is 0.879. The second-order valence-corrected chi connectivity index (χ2v) is 5.23. The Balaban J connectivity index is 2.21. The van der Waals surface area contributed by atoms with Crippen molar-refractivity contribution in [2.24, 2.45) is 0 Å². The van der Waals surface area contributed by atoms with Gasteiger partial charge in [-0.2, -0.15) is 5.10 Å². The lowest BCUT2D eigenvalue weighted by Gasteiger charge is -2.19. The zero-order chi connectivity index (χ0) is 14.5. The van der Waals surface area contributed by atoms with Crippen molar-refractivity contribution in [1.29, 1.82) is 0 Å². The number of aromatic nitrogens is 3. The molecule has 1 unspecified atom stereocenters. The first-order valence-electron chi connectivity index (χ1n) is 7.31. The van der Waals surface area contributed by atoms with Crippen molar-refractivity contribution in [3.05, 3.63) is 47.0 Å². The van der Waals surface area contributed by atoms with E-state index in [0.717, 1.165) is 25.2 Å². The van der Waals surface area contributed by atoms with Crippen molar-refractivity contribution >= 4 is 0 Å². The van der Waals surface area contributed by atoms with Gasteiger partial charge in [0.1, 0.15) is 0 Å². The highest BCUT2D eigenvalue weighted by Crippen LogP contribution is 2.20. The van der Waals surface area contributed by atoms with E-state index in [0.29, 0.717) is 0 Å². The van der Waals surface area contributed by atoms with Crippen molar-refractivity contribution in [2.75, 3.05) is 6.54 Å². The number of rotatable bonds is 6. The summed E-state index contributed by atoms with van der Waals surface area (Å²) in [6, 6.07) is 2.44. The average Bonchev–Trinajstić information content (AvgIpc) is 2.86. The number of hydrogen-bond acceptors (Lipinski definition) is 3. The van der Waals surface area contributed by atoms with E-state index >= 15 is 0 Å². The molecule has 0 aliphatic carbocycles. The summed E-state index contributed by atoms with van der Waals surface area (Å²) in [7, 11) is 0. The van der Waals surface area contributed by atoms with Gasteiger partial charge in [0.15, 0.2) is 0 Å². The van der Waals surface area contributed by atoms with Crippen LogP contribution in [0.2, 0.25) is 0 Å². The number of nitrogens with zero attached hydrogens (tertiary/aromatic N) is 3. The number of aryl methyl sites for hydroxylation is 3. The summed E-state index contributed by atoms with van der Waals surface area (Å²) < 4.78 is 1.97. The van der Waals surface area contributed by atoms with Gasteiger partial charge >= 0.3 is 0 Å². The lowest BCUT2D eigenvalue weighted by molar-refractivity contribution is 0.533. The molecule has 0 fully saturated rings. The minimum atomic E-state index is 0.245. The summed E-state index contributed by atoms with van der Waals surface area (Å²) in [5.74, 6) is 0. The summed E-state index contributed by atoms with van der Waals surface area (Å²) in [6.45, 7) is 10.3. The van der Waals surface area contributed by atoms with Gasteiger partial charge in [-0.1, -0.05) is 13.0 Å². The fraction of sp³-hybridized carbons (Fsp3) is 0.500. The molecule has 0 spiro atoms. The average molecular weight is 272 g/mol. The van der Waals surface area contributed by atoms with Gasteiger partial charge in [-0.25, -0.2) is 0 Å². The van der Waals surface area contributed by atoms with Crippen LogP contribution in [0.25, 0.3) is 0 Å². The van der Waals surface area contributed by atoms with Crippen LogP contribution in [0, 0.1) is 13.8 Å². The molecule has 0 saturated heterocycles. The van der Waals surface area contributed by atoms with Crippen molar-refractivity contribution in [3.8, 4) is 0 Å². The van der Waals surface area contributed by atoms with Crippen molar-refractivity contribution < 1.29 is 0 Å². The smallest absolute Gasteiger partial charge is 0.0605 e. The van der Waals surface area contributed by atoms with E-state index in [9.17, 15) is 0 Å². The Labute approximate surface area is 121 Å². The molecule has 2 aromatic heterocycles. The topological polar surface area (TPSA) is 42.7 Å². The molecular weight excluding hydrogens is 248 g/mol. The number of likely N-dealkylation sites (N-methyl/N-ethyl adjacent to an activating group) is 1. The van der Waals surface area contributed by atoms with E-state index in [4.69, 9.17) is 0 Å². The molecule has 2 aromatic rings. The monoisotopic (exact) mass is 272 g/mol. The Hall–Kier alpha value is -1.68. The summed E-state index contributed by atoms with van der Waals surface area (Å²) in [6.07, 6.45) is 6.94. The van der Waals surface area contributed by atoms with Crippen LogP contribution in [0.1, 0.15) is 42.3 Å². The first-order chi connectivity index (χ1) is 9.63. The van der Waals surface area contributed by atoms with Crippen LogP contribution in [-0.2, 0) is 13.0 Å². The lowest BCUT2D eigenvalue weighted by atomic mass is 10.0. The maximum absolute atomic E-state index is 4.63. The van der Waals surface area contributed by atoms with E-state index < -0.39 is 0 Å². The van der Waals surface area contributed by atoms with Crippen molar-refractivity contribution in [2.45, 2.75) is 46.7 Å². The van der Waals surface area contributed by atoms with E-state index in [2.05, 4.69) is 55.4 Å². The van der Waals surface area contributed by atoms with Crippen LogP contribution >= 0.6 is 0 Å². The van der Waals surface area contributed by atoms with Gasteiger partial charge < -0.3 is 5.32 Å². The molecule has 108 valence electrons. The summed E-state index contributed by atoms with van der Waals surface area (Å²) in [5.41, 5.74) is 4.85. The summed E-state index contributed by atoms with van der Waals surface area (Å²) in [5, 5.41) is 7.88. The van der Waals surface area contributed by atoms with Gasteiger partial charge in [0.05, 0.1) is 17.9 Å². The molecule has 1 N–H and O–H groups in total. The number of pyridine rings is 1. The number of nitrogens with one attached hydrogen (secondary N) is 1.